The third-order valence-electron chi connectivity index (χ3n) is 12.9. The Morgan fingerprint density at radius 1 is 0.328 bits per heavy atom. The van der Waals surface area contributed by atoms with Gasteiger partial charge in [0, 0.05) is 59.9 Å². The van der Waals surface area contributed by atoms with Crippen molar-refractivity contribution < 1.29 is 4.42 Å². The van der Waals surface area contributed by atoms with Crippen molar-refractivity contribution in [1.29, 1.82) is 0 Å². The summed E-state index contributed by atoms with van der Waals surface area (Å²) in [6.07, 6.45) is 0. The Kier molecular flexibility index (Phi) is 7.27. The molecule has 0 saturated heterocycles. The fourth-order valence-corrected chi connectivity index (χ4v) is 10.2. The zero-order valence-electron chi connectivity index (χ0n) is 34.2. The van der Waals surface area contributed by atoms with Crippen molar-refractivity contribution >= 4 is 87.4 Å². The van der Waals surface area contributed by atoms with Crippen LogP contribution in [0.5, 0.6) is 0 Å². The lowest BCUT2D eigenvalue weighted by Gasteiger charge is -2.15. The van der Waals surface area contributed by atoms with Crippen LogP contribution >= 0.6 is 0 Å². The highest BCUT2D eigenvalue weighted by Crippen LogP contribution is 2.44. The van der Waals surface area contributed by atoms with E-state index in [1.54, 1.807) is 0 Å². The molecule has 5 heterocycles. The molecule has 0 amide bonds. The monoisotopic (exact) mass is 818 g/mol. The number of hydrogen-bond donors (Lipinski definition) is 0. The Hall–Kier alpha value is -8.81. The molecule has 0 unspecified atom stereocenters. The summed E-state index contributed by atoms with van der Waals surface area (Å²) in [6.45, 7) is 0. The van der Waals surface area contributed by atoms with Crippen molar-refractivity contribution in [1.82, 2.24) is 28.7 Å². The fraction of sp³-hybridized carbons (Fsp3) is 0. The van der Waals surface area contributed by atoms with Gasteiger partial charge in [-0.25, -0.2) is 0 Å². The summed E-state index contributed by atoms with van der Waals surface area (Å²) in [7, 11) is 0. The van der Waals surface area contributed by atoms with Crippen LogP contribution in [0.3, 0.4) is 0 Å². The molecule has 9 aromatic carbocycles. The van der Waals surface area contributed by atoms with Crippen LogP contribution in [-0.2, 0) is 0 Å². The molecule has 0 N–H and O–H groups in total. The van der Waals surface area contributed by atoms with Crippen molar-refractivity contribution in [3.8, 4) is 40.1 Å². The first-order chi connectivity index (χ1) is 31.8. The lowest BCUT2D eigenvalue weighted by molar-refractivity contribution is 0.670. The SMILES string of the molecule is c1ccc(-c2nc(-n3c4ccccc4c4ccccc43)nc(-n3c4ccccc4c4ccc5c6ccccc6n(-c6cc(-c7ccccc7)c7oc8ccccc8c7c6)c5c43)n2)cc1. The van der Waals surface area contributed by atoms with Gasteiger partial charge in [0.15, 0.2) is 5.82 Å². The minimum Gasteiger partial charge on any atom is -0.455 e. The van der Waals surface area contributed by atoms with E-state index in [1.807, 2.05) is 24.3 Å². The summed E-state index contributed by atoms with van der Waals surface area (Å²) in [5.74, 6) is 1.66. The Morgan fingerprint density at radius 3 is 1.39 bits per heavy atom. The van der Waals surface area contributed by atoms with Crippen LogP contribution in [0.2, 0.25) is 0 Å². The van der Waals surface area contributed by atoms with E-state index in [1.165, 1.54) is 0 Å². The van der Waals surface area contributed by atoms with Gasteiger partial charge >= 0.3 is 0 Å². The molecule has 0 aliphatic heterocycles. The zero-order chi connectivity index (χ0) is 41.9. The predicted molar refractivity (Wildman–Crippen MR) is 261 cm³/mol. The summed E-state index contributed by atoms with van der Waals surface area (Å²) < 4.78 is 13.6. The van der Waals surface area contributed by atoms with Crippen LogP contribution < -0.4 is 0 Å². The molecular formula is C57H34N6O. The lowest BCUT2D eigenvalue weighted by atomic mass is 10.0. The molecule has 0 aliphatic rings. The van der Waals surface area contributed by atoms with E-state index < -0.39 is 0 Å². The number of rotatable bonds is 5. The van der Waals surface area contributed by atoms with Gasteiger partial charge < -0.3 is 8.98 Å². The molecule has 0 radical (unpaired) electrons. The predicted octanol–water partition coefficient (Wildman–Crippen LogP) is 14.4. The summed E-state index contributed by atoms with van der Waals surface area (Å²) >= 11 is 0. The molecule has 64 heavy (non-hydrogen) atoms. The lowest BCUT2D eigenvalue weighted by Crippen LogP contribution is -2.10. The molecule has 7 nitrogen and oxygen atoms in total. The van der Waals surface area contributed by atoms with Crippen molar-refractivity contribution in [3.05, 3.63) is 206 Å². The van der Waals surface area contributed by atoms with E-state index >= 15 is 0 Å². The van der Waals surface area contributed by atoms with Gasteiger partial charge in [-0.05, 0) is 48.0 Å². The highest BCUT2D eigenvalue weighted by Gasteiger charge is 2.25. The minimum atomic E-state index is 0.530. The highest BCUT2D eigenvalue weighted by molar-refractivity contribution is 6.24. The largest absolute Gasteiger partial charge is 0.455 e. The maximum Gasteiger partial charge on any atom is 0.240 e. The Morgan fingerprint density at radius 2 is 0.781 bits per heavy atom. The highest BCUT2D eigenvalue weighted by atomic mass is 16.3. The van der Waals surface area contributed by atoms with Crippen molar-refractivity contribution in [2.24, 2.45) is 0 Å². The van der Waals surface area contributed by atoms with Gasteiger partial charge in [0.05, 0.1) is 33.1 Å². The van der Waals surface area contributed by atoms with Crippen LogP contribution in [0, 0.1) is 0 Å². The zero-order valence-corrected chi connectivity index (χ0v) is 34.2. The smallest absolute Gasteiger partial charge is 0.240 e. The first-order valence-corrected chi connectivity index (χ1v) is 21.5. The molecule has 14 rings (SSSR count). The topological polar surface area (TPSA) is 66.6 Å². The second kappa shape index (κ2) is 13.3. The summed E-state index contributed by atoms with van der Waals surface area (Å²) in [5, 5.41) is 8.91. The number of aromatic nitrogens is 6. The van der Waals surface area contributed by atoms with E-state index in [0.29, 0.717) is 17.7 Å². The quantitative estimate of drug-likeness (QED) is 0.173. The van der Waals surface area contributed by atoms with E-state index in [9.17, 15) is 0 Å². The van der Waals surface area contributed by atoms with Gasteiger partial charge in [0.1, 0.15) is 11.2 Å². The van der Waals surface area contributed by atoms with Gasteiger partial charge in [-0.3, -0.25) is 9.13 Å². The van der Waals surface area contributed by atoms with Crippen LogP contribution in [0.25, 0.3) is 127 Å². The molecule has 0 saturated carbocycles. The Bertz CT molecular complexity index is 4140. The molecule has 0 atom stereocenters. The number of benzene rings is 9. The van der Waals surface area contributed by atoms with E-state index in [0.717, 1.165) is 110 Å². The third-order valence-corrected chi connectivity index (χ3v) is 12.9. The molecule has 0 aliphatic carbocycles. The third kappa shape index (κ3) is 4.94. The first kappa shape index (κ1) is 34.9. The standard InChI is InChI=1S/C57H34N6O/c1-3-17-35(18-4-1)45-33-37(34-46-42-25-11-16-30-51(42)64-54(45)46)61-47-26-12-9-23-40(47)43-31-32-44-41-24-10-15-29-50(41)63(53(44)52(43)61)57-59-55(36-19-5-2-6-20-36)58-56(60-57)62-48-27-13-7-21-38(48)39-22-8-14-28-49(39)62/h1-34H. The summed E-state index contributed by atoms with van der Waals surface area (Å²) in [5.41, 5.74) is 12.0. The molecule has 5 aromatic heterocycles. The van der Waals surface area contributed by atoms with Gasteiger partial charge in [-0.15, -0.1) is 0 Å². The van der Waals surface area contributed by atoms with E-state index in [4.69, 9.17) is 19.4 Å². The average Bonchev–Trinajstić information content (AvgIpc) is 4.11. The maximum atomic E-state index is 6.68. The number of furan rings is 1. The minimum absolute atomic E-state index is 0.530. The second-order valence-corrected chi connectivity index (χ2v) is 16.4. The van der Waals surface area contributed by atoms with Crippen LogP contribution in [0.4, 0.5) is 0 Å². The number of nitrogens with zero attached hydrogens (tertiary/aromatic N) is 6. The molecule has 0 bridgehead atoms. The number of fused-ring (bicyclic) bond motifs is 13. The number of para-hydroxylation sites is 5. The van der Waals surface area contributed by atoms with Crippen LogP contribution in [0.1, 0.15) is 0 Å². The number of hydrogen-bond acceptors (Lipinski definition) is 4. The second-order valence-electron chi connectivity index (χ2n) is 16.4. The Labute approximate surface area is 365 Å². The molecular weight excluding hydrogens is 785 g/mol. The summed E-state index contributed by atoms with van der Waals surface area (Å²) in [4.78, 5) is 16.2. The molecule has 298 valence electrons. The molecule has 0 spiro atoms. The maximum absolute atomic E-state index is 6.68. The summed E-state index contributed by atoms with van der Waals surface area (Å²) in [6, 6.07) is 72.5. The van der Waals surface area contributed by atoms with Crippen LogP contribution in [-0.4, -0.2) is 28.7 Å². The van der Waals surface area contributed by atoms with Gasteiger partial charge in [-0.1, -0.05) is 164 Å². The van der Waals surface area contributed by atoms with Crippen molar-refractivity contribution in [2.75, 3.05) is 0 Å². The Balaban J connectivity index is 1.15. The van der Waals surface area contributed by atoms with Gasteiger partial charge in [0.2, 0.25) is 11.9 Å². The first-order valence-electron chi connectivity index (χ1n) is 21.5. The van der Waals surface area contributed by atoms with E-state index in [-0.39, 0.29) is 0 Å². The average molecular weight is 819 g/mol. The van der Waals surface area contributed by atoms with E-state index in [2.05, 4.69) is 196 Å². The van der Waals surface area contributed by atoms with Crippen molar-refractivity contribution in [2.45, 2.75) is 0 Å². The van der Waals surface area contributed by atoms with Crippen molar-refractivity contribution in [3.63, 3.8) is 0 Å². The fourth-order valence-electron chi connectivity index (χ4n) is 10.2. The molecule has 7 heteroatoms. The van der Waals surface area contributed by atoms with Gasteiger partial charge in [-0.2, -0.15) is 15.0 Å². The normalized spacial score (nSPS) is 12.1. The molecule has 0 fully saturated rings. The van der Waals surface area contributed by atoms with Gasteiger partial charge in [0.25, 0.3) is 0 Å². The molecule has 14 aromatic rings. The van der Waals surface area contributed by atoms with Crippen LogP contribution in [0.15, 0.2) is 211 Å².